The number of methoxy groups -OCH3 is 1. The maximum Gasteiger partial charge on any atom is 0.0587 e. The summed E-state index contributed by atoms with van der Waals surface area (Å²) in [7, 11) is 1.78. The zero-order valence-electron chi connectivity index (χ0n) is 12.5. The van der Waals surface area contributed by atoms with Crippen molar-refractivity contribution in [3.8, 4) is 0 Å². The molecule has 0 spiro atoms. The van der Waals surface area contributed by atoms with E-state index in [4.69, 9.17) is 4.74 Å². The summed E-state index contributed by atoms with van der Waals surface area (Å²) in [6.45, 7) is 7.76. The van der Waals surface area contributed by atoms with Crippen LogP contribution in [0, 0.1) is 23.2 Å². The van der Waals surface area contributed by atoms with Crippen molar-refractivity contribution >= 4 is 0 Å². The van der Waals surface area contributed by atoms with Gasteiger partial charge in [0.25, 0.3) is 0 Å². The number of hydrogen-bond acceptors (Lipinski definition) is 2. The highest BCUT2D eigenvalue weighted by Gasteiger charge is 2.52. The van der Waals surface area contributed by atoms with Gasteiger partial charge in [0, 0.05) is 20.2 Å². The fourth-order valence-corrected chi connectivity index (χ4v) is 3.86. The molecule has 2 saturated carbocycles. The maximum absolute atomic E-state index is 5.12. The van der Waals surface area contributed by atoms with E-state index in [1.54, 1.807) is 7.11 Å². The summed E-state index contributed by atoms with van der Waals surface area (Å²) in [6, 6.07) is 0. The molecular weight excluding hydrogens is 222 g/mol. The van der Waals surface area contributed by atoms with Crippen LogP contribution in [0.4, 0.5) is 0 Å². The van der Waals surface area contributed by atoms with Crippen molar-refractivity contribution in [1.29, 1.82) is 0 Å². The lowest BCUT2D eigenvalue weighted by Crippen LogP contribution is -2.35. The van der Waals surface area contributed by atoms with Crippen molar-refractivity contribution in [1.82, 2.24) is 5.32 Å². The van der Waals surface area contributed by atoms with Gasteiger partial charge in [0.05, 0.1) is 6.61 Å². The summed E-state index contributed by atoms with van der Waals surface area (Å²) in [4.78, 5) is 0. The first kappa shape index (κ1) is 14.3. The third kappa shape index (κ3) is 3.96. The van der Waals surface area contributed by atoms with E-state index >= 15 is 0 Å². The molecule has 2 rings (SSSR count). The van der Waals surface area contributed by atoms with Gasteiger partial charge in [-0.1, -0.05) is 26.7 Å². The molecule has 0 aromatic heterocycles. The second-order valence-corrected chi connectivity index (χ2v) is 7.12. The first-order valence-electron chi connectivity index (χ1n) is 7.85. The standard InChI is InChI=1S/C16H31NO/c1-13(2)5-4-6-16(12-17-7-8-18-3)10-14-9-15(14)11-16/h13-15,17H,4-12H2,1-3H3. The SMILES string of the molecule is COCCNCC1(CCCC(C)C)CC2CC2C1. The van der Waals surface area contributed by atoms with Crippen molar-refractivity contribution in [2.45, 2.75) is 52.4 Å². The van der Waals surface area contributed by atoms with Gasteiger partial charge in [-0.3, -0.25) is 0 Å². The Morgan fingerprint density at radius 1 is 1.28 bits per heavy atom. The summed E-state index contributed by atoms with van der Waals surface area (Å²) in [5, 5.41) is 3.62. The minimum atomic E-state index is 0.635. The number of ether oxygens (including phenoxy) is 1. The molecule has 0 aromatic carbocycles. The third-order valence-corrected chi connectivity index (χ3v) is 4.93. The van der Waals surface area contributed by atoms with Crippen LogP contribution in [0.5, 0.6) is 0 Å². The molecule has 0 saturated heterocycles. The number of hydrogen-bond donors (Lipinski definition) is 1. The van der Waals surface area contributed by atoms with E-state index in [2.05, 4.69) is 19.2 Å². The van der Waals surface area contributed by atoms with Crippen LogP contribution in [0.25, 0.3) is 0 Å². The normalized spacial score (nSPS) is 34.0. The Hall–Kier alpha value is -0.0800. The molecule has 0 heterocycles. The van der Waals surface area contributed by atoms with E-state index in [1.807, 2.05) is 0 Å². The first-order valence-corrected chi connectivity index (χ1v) is 7.85. The molecule has 0 amide bonds. The van der Waals surface area contributed by atoms with Gasteiger partial charge >= 0.3 is 0 Å². The largest absolute Gasteiger partial charge is 0.383 e. The lowest BCUT2D eigenvalue weighted by atomic mass is 9.77. The summed E-state index contributed by atoms with van der Waals surface area (Å²) in [6.07, 6.45) is 8.78. The molecule has 18 heavy (non-hydrogen) atoms. The molecule has 1 N–H and O–H groups in total. The highest BCUT2D eigenvalue weighted by molar-refractivity contribution is 5.04. The molecule has 2 heteroatoms. The van der Waals surface area contributed by atoms with Crippen molar-refractivity contribution in [2.24, 2.45) is 23.2 Å². The molecule has 0 bridgehead atoms. The molecule has 0 radical (unpaired) electrons. The average molecular weight is 253 g/mol. The lowest BCUT2D eigenvalue weighted by Gasteiger charge is -2.32. The fraction of sp³-hybridized carbons (Fsp3) is 1.00. The predicted octanol–water partition coefficient (Wildman–Crippen LogP) is 3.47. The van der Waals surface area contributed by atoms with E-state index < -0.39 is 0 Å². The minimum Gasteiger partial charge on any atom is -0.383 e. The predicted molar refractivity (Wildman–Crippen MR) is 76.7 cm³/mol. The van der Waals surface area contributed by atoms with Gasteiger partial charge in [0.1, 0.15) is 0 Å². The van der Waals surface area contributed by atoms with Gasteiger partial charge in [-0.15, -0.1) is 0 Å². The van der Waals surface area contributed by atoms with Crippen LogP contribution in [0.15, 0.2) is 0 Å². The summed E-state index contributed by atoms with van der Waals surface area (Å²) in [5.74, 6) is 3.04. The maximum atomic E-state index is 5.12. The van der Waals surface area contributed by atoms with Crippen LogP contribution in [0.3, 0.4) is 0 Å². The van der Waals surface area contributed by atoms with E-state index in [1.165, 1.54) is 45.1 Å². The van der Waals surface area contributed by atoms with Gasteiger partial charge in [-0.05, 0) is 48.9 Å². The fourth-order valence-electron chi connectivity index (χ4n) is 3.86. The second-order valence-electron chi connectivity index (χ2n) is 7.12. The smallest absolute Gasteiger partial charge is 0.0587 e. The Morgan fingerprint density at radius 3 is 2.61 bits per heavy atom. The zero-order valence-corrected chi connectivity index (χ0v) is 12.5. The number of fused-ring (bicyclic) bond motifs is 1. The van der Waals surface area contributed by atoms with E-state index in [9.17, 15) is 0 Å². The van der Waals surface area contributed by atoms with Crippen LogP contribution in [0.1, 0.15) is 52.4 Å². The topological polar surface area (TPSA) is 21.3 Å². The molecule has 106 valence electrons. The molecule has 0 aromatic rings. The van der Waals surface area contributed by atoms with Crippen LogP contribution < -0.4 is 5.32 Å². The summed E-state index contributed by atoms with van der Waals surface area (Å²) >= 11 is 0. The Kier molecular flexibility index (Phi) is 5.08. The van der Waals surface area contributed by atoms with Crippen molar-refractivity contribution in [3.05, 3.63) is 0 Å². The van der Waals surface area contributed by atoms with Crippen LogP contribution in [-0.2, 0) is 4.74 Å². The van der Waals surface area contributed by atoms with E-state index in [0.29, 0.717) is 5.41 Å². The van der Waals surface area contributed by atoms with E-state index in [0.717, 1.165) is 30.9 Å². The van der Waals surface area contributed by atoms with Gasteiger partial charge in [-0.2, -0.15) is 0 Å². The van der Waals surface area contributed by atoms with E-state index in [-0.39, 0.29) is 0 Å². The second kappa shape index (κ2) is 6.38. The number of nitrogens with one attached hydrogen (secondary N) is 1. The van der Waals surface area contributed by atoms with Gasteiger partial charge < -0.3 is 10.1 Å². The van der Waals surface area contributed by atoms with Gasteiger partial charge in [0.15, 0.2) is 0 Å². The highest BCUT2D eigenvalue weighted by Crippen LogP contribution is 2.61. The Balaban J connectivity index is 1.73. The molecular formula is C16H31NO. The minimum absolute atomic E-state index is 0.635. The number of rotatable bonds is 9. The van der Waals surface area contributed by atoms with Gasteiger partial charge in [0.2, 0.25) is 0 Å². The van der Waals surface area contributed by atoms with Crippen LogP contribution in [0.2, 0.25) is 0 Å². The van der Waals surface area contributed by atoms with Gasteiger partial charge in [-0.25, -0.2) is 0 Å². The monoisotopic (exact) mass is 253 g/mol. The molecule has 2 aliphatic rings. The third-order valence-electron chi connectivity index (χ3n) is 4.93. The molecule has 2 atom stereocenters. The van der Waals surface area contributed by atoms with Crippen LogP contribution >= 0.6 is 0 Å². The Bertz CT molecular complexity index is 241. The molecule has 2 fully saturated rings. The lowest BCUT2D eigenvalue weighted by molar-refractivity contribution is 0.180. The van der Waals surface area contributed by atoms with Crippen molar-refractivity contribution in [2.75, 3.05) is 26.8 Å². The quantitative estimate of drug-likeness (QED) is 0.635. The summed E-state index contributed by atoms with van der Waals surface area (Å²) < 4.78 is 5.12. The van der Waals surface area contributed by atoms with Crippen molar-refractivity contribution in [3.63, 3.8) is 0 Å². The highest BCUT2D eigenvalue weighted by atomic mass is 16.5. The molecule has 2 unspecified atom stereocenters. The Morgan fingerprint density at radius 2 is 2.00 bits per heavy atom. The summed E-state index contributed by atoms with van der Waals surface area (Å²) in [5.41, 5.74) is 0.635. The van der Waals surface area contributed by atoms with Crippen LogP contribution in [-0.4, -0.2) is 26.8 Å². The average Bonchev–Trinajstić information content (AvgIpc) is 2.93. The molecule has 2 nitrogen and oxygen atoms in total. The Labute approximate surface area is 113 Å². The molecule has 2 aliphatic carbocycles. The molecule has 0 aliphatic heterocycles. The zero-order chi connectivity index (χ0) is 13.0. The van der Waals surface area contributed by atoms with Crippen molar-refractivity contribution < 1.29 is 4.74 Å². The first-order chi connectivity index (χ1) is 8.65.